The maximum atomic E-state index is 12.9. The molecule has 170 valence electrons. The Morgan fingerprint density at radius 2 is 1.75 bits per heavy atom. The molecule has 1 heterocycles. The molecule has 2 atom stereocenters. The van der Waals surface area contributed by atoms with E-state index in [9.17, 15) is 4.79 Å². The summed E-state index contributed by atoms with van der Waals surface area (Å²) in [7, 11) is 0. The second-order valence-corrected chi connectivity index (χ2v) is 10.5. The third-order valence-electron chi connectivity index (χ3n) is 6.42. The van der Waals surface area contributed by atoms with E-state index < -0.39 is 5.60 Å². The van der Waals surface area contributed by atoms with E-state index in [-0.39, 0.29) is 17.8 Å². The maximum Gasteiger partial charge on any atom is 0.310 e. The lowest BCUT2D eigenvalue weighted by molar-refractivity contribution is -0.161. The van der Waals surface area contributed by atoms with Gasteiger partial charge in [0, 0.05) is 12.5 Å². The number of rotatable bonds is 5. The predicted octanol–water partition coefficient (Wildman–Crippen LogP) is 6.82. The van der Waals surface area contributed by atoms with E-state index in [0.29, 0.717) is 5.92 Å². The second-order valence-electron chi connectivity index (χ2n) is 10.5. The van der Waals surface area contributed by atoms with Crippen molar-refractivity contribution >= 4 is 17.0 Å². The number of para-hydroxylation sites is 2. The van der Waals surface area contributed by atoms with Crippen molar-refractivity contribution in [3.05, 3.63) is 65.5 Å². The standard InChI is InChI=1S/C28H36N2O2/c1-19(2)26-29-24-12-8-9-13-25(24)30(26)18-20-14-16-21(17-15-20)22-10-6-7-11-23(22)27(31)32-28(3,4)5/h8-9,12-17,19,22-23H,6-7,10-11,18H2,1-5H3. The van der Waals surface area contributed by atoms with E-state index in [2.05, 4.69) is 60.9 Å². The average Bonchev–Trinajstić information content (AvgIpc) is 3.12. The molecule has 1 aliphatic carbocycles. The van der Waals surface area contributed by atoms with Crippen LogP contribution in [-0.4, -0.2) is 21.1 Å². The number of benzene rings is 2. The number of imidazole rings is 1. The summed E-state index contributed by atoms with van der Waals surface area (Å²) < 4.78 is 8.08. The van der Waals surface area contributed by atoms with Crippen molar-refractivity contribution in [2.75, 3.05) is 0 Å². The Morgan fingerprint density at radius 3 is 2.44 bits per heavy atom. The van der Waals surface area contributed by atoms with Gasteiger partial charge in [0.1, 0.15) is 11.4 Å². The van der Waals surface area contributed by atoms with Crippen LogP contribution in [0.5, 0.6) is 0 Å². The highest BCUT2D eigenvalue weighted by molar-refractivity contribution is 5.76. The zero-order chi connectivity index (χ0) is 22.9. The predicted molar refractivity (Wildman–Crippen MR) is 130 cm³/mol. The Morgan fingerprint density at radius 1 is 1.06 bits per heavy atom. The molecular formula is C28H36N2O2. The zero-order valence-corrected chi connectivity index (χ0v) is 20.1. The second kappa shape index (κ2) is 9.09. The minimum atomic E-state index is -0.440. The van der Waals surface area contributed by atoms with Crippen LogP contribution in [0.4, 0.5) is 0 Å². The van der Waals surface area contributed by atoms with Gasteiger partial charge in [-0.15, -0.1) is 0 Å². The van der Waals surface area contributed by atoms with Gasteiger partial charge in [-0.05, 0) is 62.8 Å². The quantitative estimate of drug-likeness (QED) is 0.415. The van der Waals surface area contributed by atoms with Gasteiger partial charge in [0.15, 0.2) is 0 Å². The van der Waals surface area contributed by atoms with E-state index in [1.54, 1.807) is 0 Å². The lowest BCUT2D eigenvalue weighted by Crippen LogP contribution is -2.33. The van der Waals surface area contributed by atoms with Crippen LogP contribution in [-0.2, 0) is 16.1 Å². The van der Waals surface area contributed by atoms with Crippen molar-refractivity contribution in [2.45, 2.75) is 84.3 Å². The molecule has 1 aliphatic rings. The molecule has 3 aromatic rings. The van der Waals surface area contributed by atoms with Gasteiger partial charge in [-0.2, -0.15) is 0 Å². The van der Waals surface area contributed by atoms with Gasteiger partial charge in [-0.25, -0.2) is 4.98 Å². The largest absolute Gasteiger partial charge is 0.460 e. The van der Waals surface area contributed by atoms with Crippen LogP contribution >= 0.6 is 0 Å². The monoisotopic (exact) mass is 432 g/mol. The number of hydrogen-bond donors (Lipinski definition) is 0. The van der Waals surface area contributed by atoms with Gasteiger partial charge in [-0.3, -0.25) is 4.79 Å². The average molecular weight is 433 g/mol. The van der Waals surface area contributed by atoms with Gasteiger partial charge < -0.3 is 9.30 Å². The number of nitrogens with zero attached hydrogens (tertiary/aromatic N) is 2. The summed E-state index contributed by atoms with van der Waals surface area (Å²) in [4.78, 5) is 17.7. The Bertz CT molecular complexity index is 1070. The summed E-state index contributed by atoms with van der Waals surface area (Å²) in [5.74, 6) is 1.63. The molecule has 0 bridgehead atoms. The number of esters is 1. The molecular weight excluding hydrogens is 396 g/mol. The summed E-state index contributed by atoms with van der Waals surface area (Å²) in [6.45, 7) is 11.0. The van der Waals surface area contributed by atoms with E-state index in [0.717, 1.165) is 37.1 Å². The minimum absolute atomic E-state index is 0.0426. The first-order valence-corrected chi connectivity index (χ1v) is 12.0. The van der Waals surface area contributed by atoms with Crippen LogP contribution in [0, 0.1) is 5.92 Å². The fraction of sp³-hybridized carbons (Fsp3) is 0.500. The number of ether oxygens (including phenoxy) is 1. The number of carbonyl (C=O) groups excluding carboxylic acids is 1. The molecule has 1 aromatic heterocycles. The third-order valence-corrected chi connectivity index (χ3v) is 6.42. The highest BCUT2D eigenvalue weighted by Crippen LogP contribution is 2.39. The van der Waals surface area contributed by atoms with Gasteiger partial charge in [0.2, 0.25) is 0 Å². The van der Waals surface area contributed by atoms with Gasteiger partial charge >= 0.3 is 5.97 Å². The molecule has 1 fully saturated rings. The van der Waals surface area contributed by atoms with Gasteiger partial charge in [0.05, 0.1) is 17.0 Å². The van der Waals surface area contributed by atoms with Crippen LogP contribution in [0.2, 0.25) is 0 Å². The molecule has 4 rings (SSSR count). The zero-order valence-electron chi connectivity index (χ0n) is 20.1. The molecule has 1 saturated carbocycles. The summed E-state index contributed by atoms with van der Waals surface area (Å²) in [6, 6.07) is 17.2. The maximum absolute atomic E-state index is 12.9. The molecule has 4 nitrogen and oxygen atoms in total. The van der Waals surface area contributed by atoms with Crippen molar-refractivity contribution in [1.29, 1.82) is 0 Å². The topological polar surface area (TPSA) is 44.1 Å². The molecule has 0 spiro atoms. The molecule has 4 heteroatoms. The Labute approximate surface area is 192 Å². The first kappa shape index (κ1) is 22.6. The molecule has 0 radical (unpaired) electrons. The Hall–Kier alpha value is -2.62. The smallest absolute Gasteiger partial charge is 0.310 e. The summed E-state index contributed by atoms with van der Waals surface area (Å²) in [5.41, 5.74) is 4.30. The normalized spacial score (nSPS) is 19.4. The molecule has 32 heavy (non-hydrogen) atoms. The number of carbonyl (C=O) groups is 1. The number of aromatic nitrogens is 2. The summed E-state index contributed by atoms with van der Waals surface area (Å²) in [6.07, 6.45) is 4.24. The first-order valence-electron chi connectivity index (χ1n) is 12.0. The van der Waals surface area contributed by atoms with Crippen LogP contribution in [0.15, 0.2) is 48.5 Å². The van der Waals surface area contributed by atoms with Crippen molar-refractivity contribution in [3.8, 4) is 0 Å². The van der Waals surface area contributed by atoms with E-state index in [4.69, 9.17) is 9.72 Å². The highest BCUT2D eigenvalue weighted by Gasteiger charge is 2.35. The molecule has 0 N–H and O–H groups in total. The lowest BCUT2D eigenvalue weighted by atomic mass is 9.75. The fourth-order valence-corrected chi connectivity index (χ4v) is 4.94. The van der Waals surface area contributed by atoms with Gasteiger partial charge in [-0.1, -0.05) is 63.1 Å². The SMILES string of the molecule is CC(C)c1nc2ccccc2n1Cc1ccc(C2CCCCC2C(=O)OC(C)(C)C)cc1. The number of fused-ring (bicyclic) bond motifs is 1. The Balaban J connectivity index is 1.56. The third kappa shape index (κ3) is 4.90. The highest BCUT2D eigenvalue weighted by atomic mass is 16.6. The molecule has 2 unspecified atom stereocenters. The van der Waals surface area contributed by atoms with Crippen LogP contribution in [0.3, 0.4) is 0 Å². The lowest BCUT2D eigenvalue weighted by Gasteiger charge is -2.32. The van der Waals surface area contributed by atoms with Crippen LogP contribution in [0.1, 0.15) is 89.1 Å². The van der Waals surface area contributed by atoms with Crippen molar-refractivity contribution in [3.63, 3.8) is 0 Å². The van der Waals surface area contributed by atoms with Crippen molar-refractivity contribution < 1.29 is 9.53 Å². The molecule has 0 saturated heterocycles. The van der Waals surface area contributed by atoms with Gasteiger partial charge in [0.25, 0.3) is 0 Å². The molecule has 0 aliphatic heterocycles. The van der Waals surface area contributed by atoms with E-state index in [1.165, 1.54) is 23.1 Å². The Kier molecular flexibility index (Phi) is 6.41. The van der Waals surface area contributed by atoms with Crippen molar-refractivity contribution in [1.82, 2.24) is 9.55 Å². The fourth-order valence-electron chi connectivity index (χ4n) is 4.94. The minimum Gasteiger partial charge on any atom is -0.460 e. The van der Waals surface area contributed by atoms with E-state index in [1.807, 2.05) is 26.8 Å². The number of hydrogen-bond acceptors (Lipinski definition) is 3. The van der Waals surface area contributed by atoms with Crippen molar-refractivity contribution in [2.24, 2.45) is 5.92 Å². The van der Waals surface area contributed by atoms with Crippen LogP contribution in [0.25, 0.3) is 11.0 Å². The summed E-state index contributed by atoms with van der Waals surface area (Å²) in [5, 5.41) is 0. The van der Waals surface area contributed by atoms with Crippen LogP contribution < -0.4 is 0 Å². The molecule has 0 amide bonds. The first-order chi connectivity index (χ1) is 15.2. The summed E-state index contributed by atoms with van der Waals surface area (Å²) >= 11 is 0. The molecule has 2 aromatic carbocycles. The van der Waals surface area contributed by atoms with E-state index >= 15 is 0 Å².